The number of thioether (sulfide) groups is 1. The van der Waals surface area contributed by atoms with Crippen LogP contribution in [0.5, 0.6) is 5.75 Å². The molecule has 0 aliphatic carbocycles. The molecular weight excluding hydrogens is 297 g/mol. The molecule has 0 saturated heterocycles. The highest BCUT2D eigenvalue weighted by Crippen LogP contribution is 2.27. The summed E-state index contributed by atoms with van der Waals surface area (Å²) in [4.78, 5) is 10.6. The number of hydrogen-bond acceptors (Lipinski definition) is 5. The van der Waals surface area contributed by atoms with Crippen molar-refractivity contribution >= 4 is 17.7 Å². The lowest BCUT2D eigenvalue weighted by atomic mass is 10.2. The number of rotatable bonds is 6. The van der Waals surface area contributed by atoms with Crippen LogP contribution in [-0.4, -0.2) is 38.7 Å². The average molecular weight is 311 g/mol. The van der Waals surface area contributed by atoms with Crippen LogP contribution in [-0.2, 0) is 11.3 Å². The molecule has 0 fully saturated rings. The summed E-state index contributed by atoms with van der Waals surface area (Å²) in [6.45, 7) is 2.44. The first-order valence-electron chi connectivity index (χ1n) is 6.18. The molecular formula is C13H14FN3O3S. The molecule has 0 bridgehead atoms. The SMILES string of the molecule is CCn1c(SCC(=O)O)nnc1-c1ccc(OC)c(F)c1. The van der Waals surface area contributed by atoms with Gasteiger partial charge in [-0.05, 0) is 25.1 Å². The molecule has 2 aromatic rings. The Morgan fingerprint density at radius 1 is 1.48 bits per heavy atom. The highest BCUT2D eigenvalue weighted by molar-refractivity contribution is 7.99. The summed E-state index contributed by atoms with van der Waals surface area (Å²) in [7, 11) is 1.40. The number of hydrogen-bond donors (Lipinski definition) is 1. The molecule has 21 heavy (non-hydrogen) atoms. The first-order chi connectivity index (χ1) is 10.1. The van der Waals surface area contributed by atoms with Gasteiger partial charge in [-0.3, -0.25) is 4.79 Å². The molecule has 0 unspecified atom stereocenters. The number of ether oxygens (including phenoxy) is 1. The Labute approximate surface area is 124 Å². The van der Waals surface area contributed by atoms with Gasteiger partial charge in [0, 0.05) is 12.1 Å². The normalized spacial score (nSPS) is 10.6. The van der Waals surface area contributed by atoms with Crippen LogP contribution in [0.4, 0.5) is 4.39 Å². The second-order valence-corrected chi connectivity index (χ2v) is 5.02. The zero-order chi connectivity index (χ0) is 15.4. The fourth-order valence-electron chi connectivity index (χ4n) is 1.83. The van der Waals surface area contributed by atoms with Crippen molar-refractivity contribution in [3.8, 4) is 17.1 Å². The molecule has 2 rings (SSSR count). The van der Waals surface area contributed by atoms with Gasteiger partial charge in [0.1, 0.15) is 0 Å². The Bertz CT molecular complexity index is 660. The van der Waals surface area contributed by atoms with Crippen molar-refractivity contribution in [1.29, 1.82) is 0 Å². The van der Waals surface area contributed by atoms with Crippen molar-refractivity contribution in [2.45, 2.75) is 18.6 Å². The van der Waals surface area contributed by atoms with E-state index < -0.39 is 11.8 Å². The van der Waals surface area contributed by atoms with Gasteiger partial charge in [0.2, 0.25) is 0 Å². The van der Waals surface area contributed by atoms with Crippen molar-refractivity contribution in [3.05, 3.63) is 24.0 Å². The maximum atomic E-state index is 13.8. The zero-order valence-corrected chi connectivity index (χ0v) is 12.4. The molecule has 0 radical (unpaired) electrons. The summed E-state index contributed by atoms with van der Waals surface area (Å²) >= 11 is 1.08. The van der Waals surface area contributed by atoms with Crippen LogP contribution in [0, 0.1) is 5.82 Å². The molecule has 0 amide bonds. The van der Waals surface area contributed by atoms with Crippen molar-refractivity contribution in [2.24, 2.45) is 0 Å². The van der Waals surface area contributed by atoms with Crippen molar-refractivity contribution in [3.63, 3.8) is 0 Å². The van der Waals surface area contributed by atoms with Crippen LogP contribution in [0.15, 0.2) is 23.4 Å². The summed E-state index contributed by atoms with van der Waals surface area (Å²) < 4.78 is 20.4. The van der Waals surface area contributed by atoms with Gasteiger partial charge in [-0.2, -0.15) is 0 Å². The van der Waals surface area contributed by atoms with E-state index in [-0.39, 0.29) is 11.5 Å². The Balaban J connectivity index is 2.35. The maximum Gasteiger partial charge on any atom is 0.313 e. The summed E-state index contributed by atoms with van der Waals surface area (Å²) in [6.07, 6.45) is 0. The smallest absolute Gasteiger partial charge is 0.313 e. The highest BCUT2D eigenvalue weighted by Gasteiger charge is 2.15. The Morgan fingerprint density at radius 3 is 2.81 bits per heavy atom. The topological polar surface area (TPSA) is 77.2 Å². The van der Waals surface area contributed by atoms with Crippen LogP contribution in [0.25, 0.3) is 11.4 Å². The van der Waals surface area contributed by atoms with Crippen molar-refractivity contribution < 1.29 is 19.0 Å². The minimum absolute atomic E-state index is 0.102. The molecule has 0 saturated carbocycles. The highest BCUT2D eigenvalue weighted by atomic mass is 32.2. The number of nitrogens with zero attached hydrogens (tertiary/aromatic N) is 3. The van der Waals surface area contributed by atoms with Crippen LogP contribution in [0.2, 0.25) is 0 Å². The average Bonchev–Trinajstić information content (AvgIpc) is 2.87. The monoisotopic (exact) mass is 311 g/mol. The summed E-state index contributed by atoms with van der Waals surface area (Å²) in [5.41, 5.74) is 0.560. The number of benzene rings is 1. The fraction of sp³-hybridized carbons (Fsp3) is 0.308. The summed E-state index contributed by atoms with van der Waals surface area (Å²) in [6, 6.07) is 4.52. The van der Waals surface area contributed by atoms with Crippen LogP contribution in [0.1, 0.15) is 6.92 Å². The van der Waals surface area contributed by atoms with Gasteiger partial charge in [-0.15, -0.1) is 10.2 Å². The van der Waals surface area contributed by atoms with E-state index in [0.29, 0.717) is 23.1 Å². The fourth-order valence-corrected chi connectivity index (χ4v) is 2.55. The number of aromatic nitrogens is 3. The number of carboxylic acid groups (broad SMARTS) is 1. The third-order valence-corrected chi connectivity index (χ3v) is 3.72. The number of carboxylic acids is 1. The number of methoxy groups -OCH3 is 1. The van der Waals surface area contributed by atoms with E-state index in [1.807, 2.05) is 6.92 Å². The molecule has 6 nitrogen and oxygen atoms in total. The van der Waals surface area contributed by atoms with Gasteiger partial charge in [-0.25, -0.2) is 4.39 Å². The van der Waals surface area contributed by atoms with Crippen LogP contribution >= 0.6 is 11.8 Å². The van der Waals surface area contributed by atoms with Gasteiger partial charge in [-0.1, -0.05) is 11.8 Å². The molecule has 112 valence electrons. The lowest BCUT2D eigenvalue weighted by molar-refractivity contribution is -0.133. The third-order valence-electron chi connectivity index (χ3n) is 2.77. The quantitative estimate of drug-likeness (QED) is 0.825. The first kappa shape index (κ1) is 15.3. The molecule has 0 atom stereocenters. The van der Waals surface area contributed by atoms with E-state index in [0.717, 1.165) is 11.8 Å². The minimum Gasteiger partial charge on any atom is -0.494 e. The molecule has 0 aliphatic heterocycles. The molecule has 1 N–H and O–H groups in total. The molecule has 8 heteroatoms. The van der Waals surface area contributed by atoms with E-state index >= 15 is 0 Å². The van der Waals surface area contributed by atoms with E-state index in [1.54, 1.807) is 10.6 Å². The van der Waals surface area contributed by atoms with E-state index in [9.17, 15) is 9.18 Å². The van der Waals surface area contributed by atoms with Gasteiger partial charge < -0.3 is 14.4 Å². The third kappa shape index (κ3) is 3.33. The van der Waals surface area contributed by atoms with Crippen molar-refractivity contribution in [1.82, 2.24) is 14.8 Å². The lowest BCUT2D eigenvalue weighted by Gasteiger charge is -2.08. The predicted molar refractivity (Wildman–Crippen MR) is 76.0 cm³/mol. The molecule has 1 heterocycles. The largest absolute Gasteiger partial charge is 0.494 e. The van der Waals surface area contributed by atoms with E-state index in [2.05, 4.69) is 10.2 Å². The molecule has 1 aromatic carbocycles. The number of aliphatic carboxylic acids is 1. The van der Waals surface area contributed by atoms with Gasteiger partial charge in [0.25, 0.3) is 0 Å². The minimum atomic E-state index is -0.928. The first-order valence-corrected chi connectivity index (χ1v) is 7.17. The Morgan fingerprint density at radius 2 is 2.24 bits per heavy atom. The van der Waals surface area contributed by atoms with E-state index in [1.165, 1.54) is 19.2 Å². The zero-order valence-electron chi connectivity index (χ0n) is 11.5. The molecule has 0 spiro atoms. The predicted octanol–water partition coefficient (Wildman–Crippen LogP) is 2.29. The Hall–Kier alpha value is -2.09. The van der Waals surface area contributed by atoms with Crippen LogP contribution < -0.4 is 4.74 Å². The van der Waals surface area contributed by atoms with E-state index in [4.69, 9.17) is 9.84 Å². The van der Waals surface area contributed by atoms with Gasteiger partial charge in [0.15, 0.2) is 22.5 Å². The second kappa shape index (κ2) is 6.57. The lowest BCUT2D eigenvalue weighted by Crippen LogP contribution is -2.03. The summed E-state index contributed by atoms with van der Waals surface area (Å²) in [5.74, 6) is -0.869. The number of halogens is 1. The van der Waals surface area contributed by atoms with Gasteiger partial charge >= 0.3 is 5.97 Å². The molecule has 0 aliphatic rings. The second-order valence-electron chi connectivity index (χ2n) is 4.08. The number of carbonyl (C=O) groups is 1. The van der Waals surface area contributed by atoms with Crippen molar-refractivity contribution in [2.75, 3.05) is 12.9 Å². The summed E-state index contributed by atoms with van der Waals surface area (Å²) in [5, 5.41) is 17.2. The Kier molecular flexibility index (Phi) is 4.79. The van der Waals surface area contributed by atoms with Gasteiger partial charge in [0.05, 0.1) is 12.9 Å². The molecule has 1 aromatic heterocycles. The van der Waals surface area contributed by atoms with Crippen LogP contribution in [0.3, 0.4) is 0 Å². The standard InChI is InChI=1S/C13H14FN3O3S/c1-3-17-12(15-16-13(17)21-7-11(18)19)8-4-5-10(20-2)9(14)6-8/h4-6H,3,7H2,1-2H3,(H,18,19). The maximum absolute atomic E-state index is 13.8.